The molecule has 8 nitrogen and oxygen atoms in total. The van der Waals surface area contributed by atoms with Gasteiger partial charge >= 0.3 is 0 Å². The van der Waals surface area contributed by atoms with Gasteiger partial charge in [0.1, 0.15) is 0 Å². The van der Waals surface area contributed by atoms with Crippen molar-refractivity contribution in [1.82, 2.24) is 20.4 Å². The number of hydrogen-bond donors (Lipinski definition) is 2. The molecule has 1 aromatic heterocycles. The van der Waals surface area contributed by atoms with E-state index < -0.39 is 4.92 Å². The highest BCUT2D eigenvalue weighted by molar-refractivity contribution is 5.93. The van der Waals surface area contributed by atoms with Crippen LogP contribution in [-0.4, -0.2) is 39.7 Å². The van der Waals surface area contributed by atoms with E-state index in [1.807, 2.05) is 13.8 Å². The normalized spacial score (nSPS) is 11.9. The second-order valence-electron chi connectivity index (χ2n) is 5.12. The van der Waals surface area contributed by atoms with Crippen molar-refractivity contribution in [3.63, 3.8) is 0 Å². The van der Waals surface area contributed by atoms with Crippen molar-refractivity contribution < 1.29 is 9.72 Å². The third-order valence-electron chi connectivity index (χ3n) is 3.29. The number of benzene rings is 1. The summed E-state index contributed by atoms with van der Waals surface area (Å²) in [4.78, 5) is 22.2. The summed E-state index contributed by atoms with van der Waals surface area (Å²) in [5.41, 5.74) is 1.10. The Hall–Kier alpha value is -2.74. The monoisotopic (exact) mass is 317 g/mol. The number of likely N-dealkylation sites (N-methyl/N-ethyl adjacent to an activating group) is 1. The largest absolute Gasteiger partial charge is 0.350 e. The first-order valence-corrected chi connectivity index (χ1v) is 7.32. The second kappa shape index (κ2) is 7.50. The fourth-order valence-corrected chi connectivity index (χ4v) is 2.08. The number of nitrogens with one attached hydrogen (secondary N) is 2. The number of nitro groups is 1. The fourth-order valence-electron chi connectivity index (χ4n) is 2.08. The molecule has 1 heterocycles. The molecule has 1 aromatic carbocycles. The molecule has 2 rings (SSSR count). The number of non-ortho nitro benzene ring substituents is 1. The molecule has 23 heavy (non-hydrogen) atoms. The van der Waals surface area contributed by atoms with Gasteiger partial charge in [0, 0.05) is 30.9 Å². The first kappa shape index (κ1) is 16.6. The van der Waals surface area contributed by atoms with Crippen LogP contribution in [0.2, 0.25) is 0 Å². The third kappa shape index (κ3) is 4.36. The predicted molar refractivity (Wildman–Crippen MR) is 85.7 cm³/mol. The first-order chi connectivity index (χ1) is 11.0. The van der Waals surface area contributed by atoms with Gasteiger partial charge in [0.25, 0.3) is 11.6 Å². The number of nitro benzene ring substituents is 1. The lowest BCUT2D eigenvalue weighted by Gasteiger charge is -2.12. The molecule has 0 aliphatic heterocycles. The lowest BCUT2D eigenvalue weighted by molar-refractivity contribution is -0.384. The van der Waals surface area contributed by atoms with Crippen LogP contribution in [0.4, 0.5) is 5.69 Å². The minimum Gasteiger partial charge on any atom is -0.350 e. The molecule has 0 bridgehead atoms. The molecule has 0 aliphatic rings. The average Bonchev–Trinajstić information content (AvgIpc) is 3.03. The molecule has 0 unspecified atom stereocenters. The van der Waals surface area contributed by atoms with Crippen molar-refractivity contribution >= 4 is 11.6 Å². The molecule has 1 atom stereocenters. The quantitative estimate of drug-likeness (QED) is 0.595. The van der Waals surface area contributed by atoms with E-state index in [4.69, 9.17) is 0 Å². The van der Waals surface area contributed by atoms with Gasteiger partial charge in [-0.1, -0.05) is 6.92 Å². The smallest absolute Gasteiger partial charge is 0.269 e. The van der Waals surface area contributed by atoms with Crippen LogP contribution in [0.1, 0.15) is 24.2 Å². The molecule has 0 aliphatic carbocycles. The number of aromatic nitrogens is 2. The molecule has 8 heteroatoms. The Morgan fingerprint density at radius 2 is 2.09 bits per heavy atom. The van der Waals surface area contributed by atoms with E-state index in [1.165, 1.54) is 23.0 Å². The molecule has 0 radical (unpaired) electrons. The summed E-state index contributed by atoms with van der Waals surface area (Å²) in [6, 6.07) is 6.15. The minimum absolute atomic E-state index is 0.0104. The first-order valence-electron chi connectivity index (χ1n) is 7.32. The van der Waals surface area contributed by atoms with Gasteiger partial charge in [-0.15, -0.1) is 0 Å². The number of rotatable bonds is 7. The van der Waals surface area contributed by atoms with E-state index in [2.05, 4.69) is 15.7 Å². The van der Waals surface area contributed by atoms with Gasteiger partial charge in [0.15, 0.2) is 0 Å². The molecule has 0 saturated heterocycles. The van der Waals surface area contributed by atoms with Crippen LogP contribution < -0.4 is 10.6 Å². The lowest BCUT2D eigenvalue weighted by atomic mass is 10.3. The van der Waals surface area contributed by atoms with Crippen molar-refractivity contribution in [2.24, 2.45) is 0 Å². The maximum atomic E-state index is 12.1. The number of nitrogens with zero attached hydrogens (tertiary/aromatic N) is 3. The van der Waals surface area contributed by atoms with Gasteiger partial charge in [-0.05, 0) is 25.6 Å². The number of amides is 1. The van der Waals surface area contributed by atoms with E-state index in [0.29, 0.717) is 17.8 Å². The summed E-state index contributed by atoms with van der Waals surface area (Å²) in [5.74, 6) is -0.206. The predicted octanol–water partition coefficient (Wildman–Crippen LogP) is 1.51. The van der Waals surface area contributed by atoms with E-state index in [9.17, 15) is 14.9 Å². The van der Waals surface area contributed by atoms with Crippen molar-refractivity contribution in [2.75, 3.05) is 13.1 Å². The van der Waals surface area contributed by atoms with Crippen LogP contribution in [0, 0.1) is 10.1 Å². The Balaban J connectivity index is 2.02. The van der Waals surface area contributed by atoms with Gasteiger partial charge in [-0.3, -0.25) is 14.9 Å². The minimum atomic E-state index is -0.461. The summed E-state index contributed by atoms with van der Waals surface area (Å²) in [5, 5.41) is 20.8. The topological polar surface area (TPSA) is 102 Å². The fraction of sp³-hybridized carbons (Fsp3) is 0.333. The van der Waals surface area contributed by atoms with Gasteiger partial charge in [-0.25, -0.2) is 4.68 Å². The Kier molecular flexibility index (Phi) is 5.42. The van der Waals surface area contributed by atoms with Gasteiger partial charge in [0.2, 0.25) is 0 Å². The SMILES string of the molecule is CCN[C@H](C)CNC(=O)c1cnn(-c2ccc([N+](=O)[O-])cc2)c1. The summed E-state index contributed by atoms with van der Waals surface area (Å²) < 4.78 is 1.51. The van der Waals surface area contributed by atoms with Crippen molar-refractivity contribution in [3.05, 3.63) is 52.3 Å². The molecule has 122 valence electrons. The average molecular weight is 317 g/mol. The highest BCUT2D eigenvalue weighted by atomic mass is 16.6. The molecule has 1 amide bonds. The number of carbonyl (C=O) groups excluding carboxylic acids is 1. The maximum absolute atomic E-state index is 12.1. The molecule has 0 saturated carbocycles. The van der Waals surface area contributed by atoms with Crippen LogP contribution in [0.25, 0.3) is 5.69 Å². The van der Waals surface area contributed by atoms with Crippen LogP contribution in [0.5, 0.6) is 0 Å². The highest BCUT2D eigenvalue weighted by Crippen LogP contribution is 2.15. The third-order valence-corrected chi connectivity index (χ3v) is 3.29. The molecule has 0 spiro atoms. The molecule has 2 aromatic rings. The van der Waals surface area contributed by atoms with E-state index in [-0.39, 0.29) is 17.6 Å². The Labute approximate surface area is 133 Å². The summed E-state index contributed by atoms with van der Waals surface area (Å²) >= 11 is 0. The zero-order chi connectivity index (χ0) is 16.8. The Morgan fingerprint density at radius 1 is 1.39 bits per heavy atom. The zero-order valence-corrected chi connectivity index (χ0v) is 13.0. The van der Waals surface area contributed by atoms with E-state index in [1.54, 1.807) is 18.3 Å². The Morgan fingerprint density at radius 3 is 2.70 bits per heavy atom. The second-order valence-corrected chi connectivity index (χ2v) is 5.12. The summed E-state index contributed by atoms with van der Waals surface area (Å²) in [6.07, 6.45) is 3.06. The highest BCUT2D eigenvalue weighted by Gasteiger charge is 2.11. The molecular weight excluding hydrogens is 298 g/mol. The van der Waals surface area contributed by atoms with Crippen LogP contribution >= 0.6 is 0 Å². The van der Waals surface area contributed by atoms with Crippen molar-refractivity contribution in [3.8, 4) is 5.69 Å². The standard InChI is InChI=1S/C15H19N5O3/c1-3-16-11(2)8-17-15(21)12-9-18-19(10-12)13-4-6-14(7-5-13)20(22)23/h4-7,9-11,16H,3,8H2,1-2H3,(H,17,21)/t11-/m1/s1. The lowest BCUT2D eigenvalue weighted by Crippen LogP contribution is -2.38. The summed E-state index contributed by atoms with van der Waals surface area (Å²) in [7, 11) is 0. The van der Waals surface area contributed by atoms with E-state index in [0.717, 1.165) is 6.54 Å². The van der Waals surface area contributed by atoms with Crippen LogP contribution in [0.3, 0.4) is 0 Å². The number of carbonyl (C=O) groups is 1. The van der Waals surface area contributed by atoms with Crippen molar-refractivity contribution in [2.45, 2.75) is 19.9 Å². The van der Waals surface area contributed by atoms with Gasteiger partial charge < -0.3 is 10.6 Å². The number of hydrogen-bond acceptors (Lipinski definition) is 5. The molecular formula is C15H19N5O3. The maximum Gasteiger partial charge on any atom is 0.269 e. The van der Waals surface area contributed by atoms with Crippen LogP contribution in [0.15, 0.2) is 36.7 Å². The van der Waals surface area contributed by atoms with Crippen molar-refractivity contribution in [1.29, 1.82) is 0 Å². The molecule has 2 N–H and O–H groups in total. The van der Waals surface area contributed by atoms with Crippen LogP contribution in [-0.2, 0) is 0 Å². The summed E-state index contributed by atoms with van der Waals surface area (Å²) in [6.45, 7) is 5.36. The zero-order valence-electron chi connectivity index (χ0n) is 13.0. The van der Waals surface area contributed by atoms with Gasteiger partial charge in [-0.2, -0.15) is 5.10 Å². The van der Waals surface area contributed by atoms with E-state index >= 15 is 0 Å². The molecule has 0 fully saturated rings. The Bertz CT molecular complexity index is 681. The van der Waals surface area contributed by atoms with Gasteiger partial charge in [0.05, 0.1) is 22.4 Å².